The Morgan fingerprint density at radius 2 is 2.13 bits per heavy atom. The maximum atomic E-state index is 10.6. The smallest absolute Gasteiger partial charge is 0.150 e. The highest BCUT2D eigenvalue weighted by atomic mass is 16.5. The van der Waals surface area contributed by atoms with E-state index < -0.39 is 0 Å². The zero-order chi connectivity index (χ0) is 10.5. The molecule has 2 nitrogen and oxygen atoms in total. The number of carbonyl (C=O) groups excluding carboxylic acids is 1. The molecule has 0 spiro atoms. The van der Waals surface area contributed by atoms with E-state index in [1.165, 1.54) is 25.7 Å². The number of aldehydes is 1. The highest BCUT2D eigenvalue weighted by molar-refractivity contribution is 5.74. The van der Waals surface area contributed by atoms with Gasteiger partial charge in [-0.2, -0.15) is 0 Å². The largest absolute Gasteiger partial charge is 0.374 e. The standard InChI is InChI=1S/C13H16O2/c14-9-11-4-3-5-12(8-11)10-15-13-6-1-2-7-13/h3-5,8-9,13H,1-2,6-7,10H2. The summed E-state index contributed by atoms with van der Waals surface area (Å²) in [7, 11) is 0. The first-order chi connectivity index (χ1) is 7.38. The van der Waals surface area contributed by atoms with Crippen LogP contribution in [0.4, 0.5) is 0 Å². The summed E-state index contributed by atoms with van der Waals surface area (Å²) < 4.78 is 5.77. The molecule has 0 heterocycles. The molecule has 0 aromatic heterocycles. The van der Waals surface area contributed by atoms with Crippen molar-refractivity contribution in [1.82, 2.24) is 0 Å². The Morgan fingerprint density at radius 3 is 2.87 bits per heavy atom. The molecule has 1 saturated carbocycles. The third-order valence-corrected chi connectivity index (χ3v) is 2.88. The Morgan fingerprint density at radius 1 is 1.33 bits per heavy atom. The van der Waals surface area contributed by atoms with Gasteiger partial charge in [0.2, 0.25) is 0 Å². The van der Waals surface area contributed by atoms with E-state index in [9.17, 15) is 4.79 Å². The summed E-state index contributed by atoms with van der Waals surface area (Å²) >= 11 is 0. The quantitative estimate of drug-likeness (QED) is 0.705. The van der Waals surface area contributed by atoms with Gasteiger partial charge in [-0.25, -0.2) is 0 Å². The third kappa shape index (κ3) is 2.90. The summed E-state index contributed by atoms with van der Waals surface area (Å²) in [6.07, 6.45) is 6.27. The zero-order valence-electron chi connectivity index (χ0n) is 8.82. The molecule has 0 amide bonds. The van der Waals surface area contributed by atoms with Crippen molar-refractivity contribution in [2.45, 2.75) is 38.4 Å². The molecule has 2 heteroatoms. The van der Waals surface area contributed by atoms with Gasteiger partial charge in [-0.15, -0.1) is 0 Å². The number of ether oxygens (including phenoxy) is 1. The van der Waals surface area contributed by atoms with E-state index in [0.717, 1.165) is 17.4 Å². The van der Waals surface area contributed by atoms with Crippen molar-refractivity contribution in [2.75, 3.05) is 0 Å². The van der Waals surface area contributed by atoms with Crippen LogP contribution in [0.3, 0.4) is 0 Å². The van der Waals surface area contributed by atoms with E-state index in [1.807, 2.05) is 24.3 Å². The van der Waals surface area contributed by atoms with Gasteiger partial charge < -0.3 is 4.74 Å². The van der Waals surface area contributed by atoms with Gasteiger partial charge in [-0.05, 0) is 24.5 Å². The van der Waals surface area contributed by atoms with E-state index in [2.05, 4.69) is 0 Å². The molecule has 0 unspecified atom stereocenters. The molecule has 1 fully saturated rings. The van der Waals surface area contributed by atoms with Gasteiger partial charge in [-0.1, -0.05) is 31.0 Å². The van der Waals surface area contributed by atoms with Crippen LogP contribution in [0.2, 0.25) is 0 Å². The molecule has 0 aliphatic heterocycles. The van der Waals surface area contributed by atoms with Crippen molar-refractivity contribution in [1.29, 1.82) is 0 Å². The second-order valence-corrected chi connectivity index (χ2v) is 4.08. The molecule has 0 N–H and O–H groups in total. The fourth-order valence-electron chi connectivity index (χ4n) is 2.03. The average molecular weight is 204 g/mol. The van der Waals surface area contributed by atoms with Crippen molar-refractivity contribution in [3.63, 3.8) is 0 Å². The van der Waals surface area contributed by atoms with Crippen LogP contribution in [0.15, 0.2) is 24.3 Å². The number of rotatable bonds is 4. The normalized spacial score (nSPS) is 16.8. The Labute approximate surface area is 90.3 Å². The average Bonchev–Trinajstić information content (AvgIpc) is 2.79. The topological polar surface area (TPSA) is 26.3 Å². The van der Waals surface area contributed by atoms with E-state index in [0.29, 0.717) is 12.7 Å². The summed E-state index contributed by atoms with van der Waals surface area (Å²) in [6, 6.07) is 7.60. The highest BCUT2D eigenvalue weighted by Crippen LogP contribution is 2.22. The van der Waals surface area contributed by atoms with Crippen molar-refractivity contribution in [3.05, 3.63) is 35.4 Å². The highest BCUT2D eigenvalue weighted by Gasteiger charge is 2.14. The fraction of sp³-hybridized carbons (Fsp3) is 0.462. The fourth-order valence-corrected chi connectivity index (χ4v) is 2.03. The molecule has 1 aliphatic rings. The zero-order valence-corrected chi connectivity index (χ0v) is 8.82. The molecular weight excluding hydrogens is 188 g/mol. The maximum absolute atomic E-state index is 10.6. The predicted molar refractivity (Wildman–Crippen MR) is 58.9 cm³/mol. The van der Waals surface area contributed by atoms with Crippen molar-refractivity contribution in [2.24, 2.45) is 0 Å². The van der Waals surface area contributed by atoms with Crippen molar-refractivity contribution >= 4 is 6.29 Å². The van der Waals surface area contributed by atoms with Gasteiger partial charge in [0.25, 0.3) is 0 Å². The van der Waals surface area contributed by atoms with Gasteiger partial charge in [0.1, 0.15) is 6.29 Å². The number of hydrogen-bond acceptors (Lipinski definition) is 2. The van der Waals surface area contributed by atoms with E-state index in [1.54, 1.807) is 0 Å². The molecule has 2 rings (SSSR count). The van der Waals surface area contributed by atoms with Crippen LogP contribution in [0.25, 0.3) is 0 Å². The van der Waals surface area contributed by atoms with Crippen LogP contribution in [-0.4, -0.2) is 12.4 Å². The monoisotopic (exact) mass is 204 g/mol. The van der Waals surface area contributed by atoms with Gasteiger partial charge in [0, 0.05) is 5.56 Å². The second-order valence-electron chi connectivity index (χ2n) is 4.08. The molecule has 0 atom stereocenters. The van der Waals surface area contributed by atoms with Crippen molar-refractivity contribution in [3.8, 4) is 0 Å². The van der Waals surface area contributed by atoms with E-state index >= 15 is 0 Å². The van der Waals surface area contributed by atoms with E-state index in [4.69, 9.17) is 4.74 Å². The molecule has 0 radical (unpaired) electrons. The minimum Gasteiger partial charge on any atom is -0.374 e. The molecule has 0 bridgehead atoms. The maximum Gasteiger partial charge on any atom is 0.150 e. The second kappa shape index (κ2) is 5.08. The Hall–Kier alpha value is -1.15. The minimum absolute atomic E-state index is 0.435. The van der Waals surface area contributed by atoms with E-state index in [-0.39, 0.29) is 0 Å². The van der Waals surface area contributed by atoms with Crippen LogP contribution < -0.4 is 0 Å². The van der Waals surface area contributed by atoms with Crippen LogP contribution >= 0.6 is 0 Å². The van der Waals surface area contributed by atoms with Crippen LogP contribution in [0.1, 0.15) is 41.6 Å². The summed E-state index contributed by atoms with van der Waals surface area (Å²) in [6.45, 7) is 0.631. The SMILES string of the molecule is O=Cc1cccc(COC2CCCC2)c1. The molecule has 80 valence electrons. The molecule has 1 aliphatic carbocycles. The number of carbonyl (C=O) groups is 1. The Balaban J connectivity index is 1.89. The lowest BCUT2D eigenvalue weighted by Crippen LogP contribution is -2.07. The van der Waals surface area contributed by atoms with Crippen LogP contribution in [0.5, 0.6) is 0 Å². The first-order valence-electron chi connectivity index (χ1n) is 5.54. The van der Waals surface area contributed by atoms with Gasteiger partial charge in [0.05, 0.1) is 12.7 Å². The van der Waals surface area contributed by atoms with Gasteiger partial charge in [-0.3, -0.25) is 4.79 Å². The minimum atomic E-state index is 0.435. The Kier molecular flexibility index (Phi) is 3.51. The van der Waals surface area contributed by atoms with Crippen molar-refractivity contribution < 1.29 is 9.53 Å². The lowest BCUT2D eigenvalue weighted by Gasteiger charge is -2.10. The predicted octanol–water partition coefficient (Wildman–Crippen LogP) is 2.96. The summed E-state index contributed by atoms with van der Waals surface area (Å²) in [5, 5.41) is 0. The number of benzene rings is 1. The molecule has 1 aromatic carbocycles. The summed E-state index contributed by atoms with van der Waals surface area (Å²) in [4.78, 5) is 10.6. The Bertz CT molecular complexity index is 327. The molecular formula is C13H16O2. The van der Waals surface area contributed by atoms with Crippen LogP contribution in [-0.2, 0) is 11.3 Å². The lowest BCUT2D eigenvalue weighted by atomic mass is 10.1. The first kappa shape index (κ1) is 10.4. The lowest BCUT2D eigenvalue weighted by molar-refractivity contribution is 0.0457. The molecule has 15 heavy (non-hydrogen) atoms. The number of hydrogen-bond donors (Lipinski definition) is 0. The molecule has 1 aromatic rings. The molecule has 0 saturated heterocycles. The van der Waals surface area contributed by atoms with Gasteiger partial charge >= 0.3 is 0 Å². The summed E-state index contributed by atoms with van der Waals surface area (Å²) in [5.41, 5.74) is 1.81. The first-order valence-corrected chi connectivity index (χ1v) is 5.54. The third-order valence-electron chi connectivity index (χ3n) is 2.88. The van der Waals surface area contributed by atoms with Crippen LogP contribution in [0, 0.1) is 0 Å². The summed E-state index contributed by atoms with van der Waals surface area (Å²) in [5.74, 6) is 0. The van der Waals surface area contributed by atoms with Gasteiger partial charge in [0.15, 0.2) is 0 Å².